The first-order valence-electron chi connectivity index (χ1n) is 7.26. The molecule has 0 saturated carbocycles. The number of nitrogens with one attached hydrogen (secondary N) is 2. The molecule has 2 N–H and O–H groups in total. The number of aromatic amines is 1. The summed E-state index contributed by atoms with van der Waals surface area (Å²) < 4.78 is 24.1. The molecule has 2 heterocycles. The van der Waals surface area contributed by atoms with Crippen LogP contribution in [0.15, 0.2) is 24.5 Å². The van der Waals surface area contributed by atoms with Gasteiger partial charge in [-0.25, -0.2) is 9.37 Å². The van der Waals surface area contributed by atoms with E-state index in [1.165, 1.54) is 31.6 Å². The lowest BCUT2D eigenvalue weighted by molar-refractivity contribution is -0.121. The molecule has 7 nitrogen and oxygen atoms in total. The average molecular weight is 320 g/mol. The van der Waals surface area contributed by atoms with Crippen LogP contribution in [0.25, 0.3) is 0 Å². The molecule has 1 amide bonds. The molecule has 122 valence electrons. The summed E-state index contributed by atoms with van der Waals surface area (Å²) in [5.74, 6) is 0.429. The Morgan fingerprint density at radius 3 is 3.17 bits per heavy atom. The molecule has 0 aliphatic carbocycles. The fourth-order valence-electron chi connectivity index (χ4n) is 2.67. The van der Waals surface area contributed by atoms with Crippen LogP contribution in [-0.4, -0.2) is 40.8 Å². The van der Waals surface area contributed by atoms with Crippen molar-refractivity contribution in [3.63, 3.8) is 0 Å². The lowest BCUT2D eigenvalue weighted by atomic mass is 10.1. The molecule has 1 aliphatic heterocycles. The second-order valence-electron chi connectivity index (χ2n) is 5.26. The zero-order chi connectivity index (χ0) is 16.2. The molecule has 1 saturated heterocycles. The maximum absolute atomic E-state index is 13.4. The van der Waals surface area contributed by atoms with E-state index in [0.29, 0.717) is 30.2 Å². The highest BCUT2D eigenvalue weighted by Crippen LogP contribution is 2.26. The molecule has 0 radical (unpaired) electrons. The zero-order valence-corrected chi connectivity index (χ0v) is 12.6. The van der Waals surface area contributed by atoms with Gasteiger partial charge in [0.05, 0.1) is 19.6 Å². The summed E-state index contributed by atoms with van der Waals surface area (Å²) in [6.45, 7) is 0.527. The summed E-state index contributed by atoms with van der Waals surface area (Å²) in [6, 6.07) is 3.91. The van der Waals surface area contributed by atoms with Gasteiger partial charge >= 0.3 is 0 Å². The van der Waals surface area contributed by atoms with Gasteiger partial charge in [0, 0.05) is 12.2 Å². The predicted octanol–water partition coefficient (Wildman–Crippen LogP) is 1.14. The van der Waals surface area contributed by atoms with Gasteiger partial charge in [0.25, 0.3) is 0 Å². The number of amides is 1. The van der Waals surface area contributed by atoms with Crippen LogP contribution in [0.4, 0.5) is 4.39 Å². The van der Waals surface area contributed by atoms with Crippen LogP contribution in [-0.2, 0) is 16.0 Å². The third-order valence-electron chi connectivity index (χ3n) is 3.73. The lowest BCUT2D eigenvalue weighted by Gasteiger charge is -2.18. The summed E-state index contributed by atoms with van der Waals surface area (Å²) in [6.07, 6.45) is 1.75. The van der Waals surface area contributed by atoms with E-state index in [-0.39, 0.29) is 24.5 Å². The molecule has 1 aliphatic rings. The van der Waals surface area contributed by atoms with Crippen LogP contribution >= 0.6 is 0 Å². The number of H-pyrrole nitrogens is 1. The fraction of sp³-hybridized carbons (Fsp3) is 0.400. The maximum Gasteiger partial charge on any atom is 0.224 e. The Morgan fingerprint density at radius 2 is 2.43 bits per heavy atom. The second kappa shape index (κ2) is 6.74. The SMILES string of the molecule is COc1ccc(F)cc1CC(=O)N[C@H]1CCO[C@H]1c1ncn[nH]1. The first kappa shape index (κ1) is 15.4. The van der Waals surface area contributed by atoms with Gasteiger partial charge in [-0.05, 0) is 24.6 Å². The number of rotatable bonds is 5. The van der Waals surface area contributed by atoms with E-state index in [4.69, 9.17) is 9.47 Å². The number of aromatic nitrogens is 3. The molecule has 0 spiro atoms. The number of ether oxygens (including phenoxy) is 2. The largest absolute Gasteiger partial charge is 0.496 e. The topological polar surface area (TPSA) is 89.1 Å². The number of benzene rings is 1. The Labute approximate surface area is 132 Å². The quantitative estimate of drug-likeness (QED) is 0.862. The number of hydrogen-bond donors (Lipinski definition) is 2. The molecular formula is C15H17FN4O3. The van der Waals surface area contributed by atoms with E-state index < -0.39 is 5.82 Å². The van der Waals surface area contributed by atoms with Crippen molar-refractivity contribution in [1.82, 2.24) is 20.5 Å². The Morgan fingerprint density at radius 1 is 1.57 bits per heavy atom. The van der Waals surface area contributed by atoms with E-state index in [2.05, 4.69) is 20.5 Å². The molecule has 1 fully saturated rings. The summed E-state index contributed by atoms with van der Waals surface area (Å²) in [5.41, 5.74) is 0.500. The molecule has 23 heavy (non-hydrogen) atoms. The van der Waals surface area contributed by atoms with Crippen molar-refractivity contribution >= 4 is 5.91 Å². The summed E-state index contributed by atoms with van der Waals surface area (Å²) in [7, 11) is 1.49. The van der Waals surface area contributed by atoms with Crippen LogP contribution < -0.4 is 10.1 Å². The Hall–Kier alpha value is -2.48. The van der Waals surface area contributed by atoms with Gasteiger partial charge in [0.2, 0.25) is 5.91 Å². The summed E-state index contributed by atoms with van der Waals surface area (Å²) in [5, 5.41) is 9.45. The number of methoxy groups -OCH3 is 1. The minimum atomic E-state index is -0.405. The monoisotopic (exact) mass is 320 g/mol. The number of carbonyl (C=O) groups excluding carboxylic acids is 1. The van der Waals surface area contributed by atoms with E-state index in [1.807, 2.05) is 0 Å². The summed E-state index contributed by atoms with van der Waals surface area (Å²) in [4.78, 5) is 16.3. The standard InChI is InChI=1S/C15H17FN4O3/c1-22-12-3-2-10(16)6-9(12)7-13(21)19-11-4-5-23-14(11)15-17-8-18-20-15/h2-3,6,8,11,14H,4-5,7H2,1H3,(H,19,21)(H,17,18,20)/t11-,14+/m0/s1. The molecule has 2 aromatic rings. The van der Waals surface area contributed by atoms with Crippen molar-refractivity contribution in [3.05, 3.63) is 41.7 Å². The van der Waals surface area contributed by atoms with Gasteiger partial charge in [-0.3, -0.25) is 9.89 Å². The molecular weight excluding hydrogens is 303 g/mol. The van der Waals surface area contributed by atoms with Crippen LogP contribution in [0, 0.1) is 5.82 Å². The number of carbonyl (C=O) groups is 1. The van der Waals surface area contributed by atoms with E-state index in [0.717, 1.165) is 0 Å². The fourth-order valence-corrected chi connectivity index (χ4v) is 2.67. The van der Waals surface area contributed by atoms with E-state index >= 15 is 0 Å². The smallest absolute Gasteiger partial charge is 0.224 e. The Bertz CT molecular complexity index is 677. The maximum atomic E-state index is 13.4. The van der Waals surface area contributed by atoms with Crippen LogP contribution in [0.3, 0.4) is 0 Å². The second-order valence-corrected chi connectivity index (χ2v) is 5.26. The molecule has 8 heteroatoms. The van der Waals surface area contributed by atoms with Crippen molar-refractivity contribution in [2.24, 2.45) is 0 Å². The number of hydrogen-bond acceptors (Lipinski definition) is 5. The van der Waals surface area contributed by atoms with Crippen molar-refractivity contribution in [2.75, 3.05) is 13.7 Å². The first-order valence-corrected chi connectivity index (χ1v) is 7.26. The number of nitrogens with zero attached hydrogens (tertiary/aromatic N) is 2. The minimum Gasteiger partial charge on any atom is -0.496 e. The first-order chi connectivity index (χ1) is 11.2. The number of halogens is 1. The van der Waals surface area contributed by atoms with Crippen LogP contribution in [0.5, 0.6) is 5.75 Å². The van der Waals surface area contributed by atoms with Gasteiger partial charge in [-0.1, -0.05) is 0 Å². The minimum absolute atomic E-state index is 0.0283. The molecule has 0 bridgehead atoms. The molecule has 1 aromatic heterocycles. The highest BCUT2D eigenvalue weighted by atomic mass is 19.1. The van der Waals surface area contributed by atoms with Gasteiger partial charge in [-0.2, -0.15) is 5.10 Å². The van der Waals surface area contributed by atoms with Crippen molar-refractivity contribution in [3.8, 4) is 5.75 Å². The van der Waals surface area contributed by atoms with Crippen LogP contribution in [0.1, 0.15) is 23.9 Å². The van der Waals surface area contributed by atoms with Crippen molar-refractivity contribution in [2.45, 2.75) is 25.0 Å². The highest BCUT2D eigenvalue weighted by molar-refractivity contribution is 5.79. The normalized spacial score (nSPS) is 20.4. The molecule has 3 rings (SSSR count). The molecule has 2 atom stereocenters. The van der Waals surface area contributed by atoms with E-state index in [1.54, 1.807) is 0 Å². The highest BCUT2D eigenvalue weighted by Gasteiger charge is 2.33. The third-order valence-corrected chi connectivity index (χ3v) is 3.73. The van der Waals surface area contributed by atoms with Gasteiger partial charge in [0.15, 0.2) is 5.82 Å². The predicted molar refractivity (Wildman–Crippen MR) is 78.3 cm³/mol. The summed E-state index contributed by atoms with van der Waals surface area (Å²) >= 11 is 0. The van der Waals surface area contributed by atoms with Crippen molar-refractivity contribution in [1.29, 1.82) is 0 Å². The van der Waals surface area contributed by atoms with Gasteiger partial charge in [0.1, 0.15) is 24.0 Å². The van der Waals surface area contributed by atoms with Gasteiger partial charge < -0.3 is 14.8 Å². The third kappa shape index (κ3) is 3.48. The molecule has 0 unspecified atom stereocenters. The van der Waals surface area contributed by atoms with Crippen molar-refractivity contribution < 1.29 is 18.7 Å². The van der Waals surface area contributed by atoms with Gasteiger partial charge in [-0.15, -0.1) is 0 Å². The average Bonchev–Trinajstić information content (AvgIpc) is 3.18. The van der Waals surface area contributed by atoms with Crippen LogP contribution in [0.2, 0.25) is 0 Å². The Balaban J connectivity index is 1.66. The zero-order valence-electron chi connectivity index (χ0n) is 12.6. The Kier molecular flexibility index (Phi) is 4.52. The molecule has 1 aromatic carbocycles. The van der Waals surface area contributed by atoms with E-state index in [9.17, 15) is 9.18 Å². The lowest BCUT2D eigenvalue weighted by Crippen LogP contribution is -2.38.